The van der Waals surface area contributed by atoms with Gasteiger partial charge in [-0.15, -0.1) is 0 Å². The summed E-state index contributed by atoms with van der Waals surface area (Å²) >= 11 is 0. The molecule has 0 bridgehead atoms. The molecule has 2 atom stereocenters. The molecule has 2 aliphatic heterocycles. The van der Waals surface area contributed by atoms with Gasteiger partial charge in [0.15, 0.2) is 0 Å². The highest BCUT2D eigenvalue weighted by Gasteiger charge is 2.28. The Hall–Kier alpha value is -6.71. The standard InChI is InChI=1S/C56H77N15/c1-11-18-42-19-17-26-67(35-42)47-23-21-43-31-45(36(4)5)33-48-53(43)68(55(62-48)60-40(9)50-29-37(6)65-70(50)12-2)27-14-15-28-69-54-44(22-24-47)32-46(39(8)59-25-16-20-52(57)64-58)34-49(54)63-56(69)61-41(10)51-30-38(7)66-71(51)13-3/h14-15,29-34,42,47,59H,4,8-13,16-28,35,58H2,1-3,5-7H3,(H2,57,64)(H,60,62)(H,61,63)/b15-14+. The maximum Gasteiger partial charge on any atom is 0.208 e. The molecule has 15 heteroatoms. The van der Waals surface area contributed by atoms with Gasteiger partial charge in [-0.3, -0.25) is 14.8 Å². The molecule has 2 aromatic carbocycles. The molecule has 0 saturated carbocycles. The van der Waals surface area contributed by atoms with Gasteiger partial charge < -0.3 is 35.4 Å². The summed E-state index contributed by atoms with van der Waals surface area (Å²) in [7, 11) is 0. The first-order chi connectivity index (χ1) is 34.3. The van der Waals surface area contributed by atoms with Crippen molar-refractivity contribution in [2.45, 2.75) is 138 Å². The lowest BCUT2D eigenvalue weighted by molar-refractivity contribution is 0.108. The summed E-state index contributed by atoms with van der Waals surface area (Å²) in [5.74, 6) is 7.96. The van der Waals surface area contributed by atoms with E-state index in [0.29, 0.717) is 49.8 Å². The monoisotopic (exact) mass is 960 g/mol. The molecule has 6 heterocycles. The minimum atomic E-state index is 0.312. The number of imidazole rings is 2. The summed E-state index contributed by atoms with van der Waals surface area (Å²) < 4.78 is 8.61. The molecule has 1 saturated heterocycles. The van der Waals surface area contributed by atoms with E-state index < -0.39 is 0 Å². The molecule has 0 aliphatic carbocycles. The number of nitrogens with zero attached hydrogens (tertiary/aromatic N) is 9. The molecule has 0 amide bonds. The van der Waals surface area contributed by atoms with Gasteiger partial charge in [0.05, 0.1) is 56.2 Å². The van der Waals surface area contributed by atoms with Gasteiger partial charge in [0, 0.05) is 57.4 Å². The van der Waals surface area contributed by atoms with Gasteiger partial charge in [0.1, 0.15) is 5.84 Å². The fraction of sp³-hybridized carbons (Fsp3) is 0.446. The number of rotatable bonds is 18. The zero-order valence-electron chi connectivity index (χ0n) is 43.2. The minimum absolute atomic E-state index is 0.312. The Morgan fingerprint density at radius 3 is 1.82 bits per heavy atom. The maximum atomic E-state index is 7.97. The largest absolute Gasteiger partial charge is 0.385 e. The van der Waals surface area contributed by atoms with Crippen molar-refractivity contribution in [2.24, 2.45) is 11.8 Å². The van der Waals surface area contributed by atoms with Crippen molar-refractivity contribution in [3.05, 3.63) is 120 Å². The first-order valence-corrected chi connectivity index (χ1v) is 25.9. The van der Waals surface area contributed by atoms with E-state index in [1.807, 2.05) is 23.2 Å². The summed E-state index contributed by atoms with van der Waals surface area (Å²) in [5.41, 5.74) is 18.2. The highest BCUT2D eigenvalue weighted by molar-refractivity contribution is 5.89. The van der Waals surface area contributed by atoms with Crippen molar-refractivity contribution in [1.82, 2.24) is 54.3 Å². The first kappa shape index (κ1) is 50.7. The first-order valence-electron chi connectivity index (χ1n) is 25.9. The third-order valence-corrected chi connectivity index (χ3v) is 14.3. The second-order valence-corrected chi connectivity index (χ2v) is 19.7. The van der Waals surface area contributed by atoms with E-state index in [0.717, 1.165) is 143 Å². The summed E-state index contributed by atoms with van der Waals surface area (Å²) in [4.78, 5) is 13.5. The molecule has 2 aliphatic rings. The highest BCUT2D eigenvalue weighted by Crippen LogP contribution is 2.35. The van der Waals surface area contributed by atoms with Gasteiger partial charge in [0.2, 0.25) is 11.9 Å². The van der Waals surface area contributed by atoms with Gasteiger partial charge in [-0.25, -0.2) is 15.8 Å². The van der Waals surface area contributed by atoms with Crippen LogP contribution in [-0.4, -0.2) is 75.1 Å². The molecule has 0 spiro atoms. The second kappa shape index (κ2) is 22.6. The topological polar surface area (TPSA) is 173 Å². The van der Waals surface area contributed by atoms with Crippen LogP contribution >= 0.6 is 0 Å². The normalized spacial score (nSPS) is 17.1. The van der Waals surface area contributed by atoms with Crippen LogP contribution in [0.4, 0.5) is 11.9 Å². The third-order valence-electron chi connectivity index (χ3n) is 14.3. The van der Waals surface area contributed by atoms with Gasteiger partial charge in [-0.05, 0) is 157 Å². The van der Waals surface area contributed by atoms with Gasteiger partial charge >= 0.3 is 0 Å². The average Bonchev–Trinajstić information content (AvgIpc) is 4.13. The lowest BCUT2D eigenvalue weighted by atomic mass is 9.89. The Morgan fingerprint density at radius 2 is 1.30 bits per heavy atom. The fourth-order valence-corrected chi connectivity index (χ4v) is 10.8. The van der Waals surface area contributed by atoms with Gasteiger partial charge in [-0.1, -0.05) is 57.4 Å². The number of amidine groups is 1. The zero-order valence-corrected chi connectivity index (χ0v) is 43.2. The molecule has 0 radical (unpaired) electrons. The fourth-order valence-electron chi connectivity index (χ4n) is 10.8. The third kappa shape index (κ3) is 11.4. The van der Waals surface area contributed by atoms with Crippen molar-refractivity contribution in [1.29, 1.82) is 5.41 Å². The van der Waals surface area contributed by atoms with Gasteiger partial charge in [0.25, 0.3) is 0 Å². The number of likely N-dealkylation sites (tertiary alicyclic amines) is 1. The summed E-state index contributed by atoms with van der Waals surface area (Å²) in [5, 5.41) is 28.3. The molecule has 376 valence electrons. The molecule has 7 N–H and O–H groups in total. The molecular formula is C56H77N15. The molecule has 2 unspecified atom stereocenters. The van der Waals surface area contributed by atoms with Crippen molar-refractivity contribution < 1.29 is 0 Å². The Balaban J connectivity index is 1.26. The van der Waals surface area contributed by atoms with Crippen LogP contribution in [-0.2, 0) is 39.0 Å². The molecule has 15 nitrogen and oxygen atoms in total. The molecule has 4 aromatic heterocycles. The van der Waals surface area contributed by atoms with Crippen LogP contribution in [0, 0.1) is 25.2 Å². The van der Waals surface area contributed by atoms with E-state index in [2.05, 4.69) is 138 Å². The summed E-state index contributed by atoms with van der Waals surface area (Å²) in [6, 6.07) is 13.5. The van der Waals surface area contributed by atoms with Crippen LogP contribution in [0.15, 0.2) is 74.9 Å². The van der Waals surface area contributed by atoms with Crippen LogP contribution in [0.5, 0.6) is 0 Å². The number of hydrogen-bond donors (Lipinski definition) is 6. The Labute approximate surface area is 420 Å². The number of benzene rings is 2. The van der Waals surface area contributed by atoms with E-state index in [-0.39, 0.29) is 0 Å². The van der Waals surface area contributed by atoms with E-state index in [1.54, 1.807) is 0 Å². The van der Waals surface area contributed by atoms with E-state index in [4.69, 9.17) is 31.4 Å². The van der Waals surface area contributed by atoms with Gasteiger partial charge in [-0.2, -0.15) is 10.2 Å². The van der Waals surface area contributed by atoms with E-state index >= 15 is 0 Å². The predicted molar refractivity (Wildman–Crippen MR) is 295 cm³/mol. The molecule has 71 heavy (non-hydrogen) atoms. The Kier molecular flexibility index (Phi) is 16.1. The summed E-state index contributed by atoms with van der Waals surface area (Å²) in [6.07, 6.45) is 14.5. The van der Waals surface area contributed by atoms with Crippen molar-refractivity contribution in [3.63, 3.8) is 0 Å². The quantitative estimate of drug-likeness (QED) is 0.0122. The van der Waals surface area contributed by atoms with Crippen LogP contribution in [0.3, 0.4) is 0 Å². The van der Waals surface area contributed by atoms with Crippen LogP contribution in [0.25, 0.3) is 44.7 Å². The highest BCUT2D eigenvalue weighted by atomic mass is 15.3. The van der Waals surface area contributed by atoms with Crippen molar-refractivity contribution in [3.8, 4) is 0 Å². The zero-order chi connectivity index (χ0) is 50.3. The number of piperidine rings is 1. The second-order valence-electron chi connectivity index (χ2n) is 19.7. The SMILES string of the molecule is C=C(C)c1cc2c3c(c1)nc(NC(=C)c1cc(C)nn1CC)n3C/C=C/Cn1c(NC(=C)c3cc(C)nn3CC)nc3cc(C(=C)NCCCC(=N)NN)cc(c31)CCC(N1CCCC(CCC)C1)CC2. The molecule has 6 aromatic rings. The lowest BCUT2D eigenvalue weighted by Gasteiger charge is -2.39. The number of nitrogens with two attached hydrogens (primary N) is 1. The number of hydrazine groups is 1. The Bertz CT molecular complexity index is 2970. The van der Waals surface area contributed by atoms with Crippen LogP contribution in [0.1, 0.15) is 124 Å². The number of anilines is 2. The van der Waals surface area contributed by atoms with Crippen LogP contribution in [0.2, 0.25) is 0 Å². The van der Waals surface area contributed by atoms with Crippen molar-refractivity contribution in [2.75, 3.05) is 30.3 Å². The molecule has 1 fully saturated rings. The Morgan fingerprint density at radius 1 is 0.746 bits per heavy atom. The number of aromatic nitrogens is 8. The van der Waals surface area contributed by atoms with E-state index in [9.17, 15) is 0 Å². The number of aryl methyl sites for hydroxylation is 6. The van der Waals surface area contributed by atoms with Crippen molar-refractivity contribution >= 4 is 62.5 Å². The smallest absolute Gasteiger partial charge is 0.208 e. The number of allylic oxidation sites excluding steroid dienone is 3. The minimum Gasteiger partial charge on any atom is -0.385 e. The molecule has 8 rings (SSSR count). The average molecular weight is 960 g/mol. The molecular weight excluding hydrogens is 883 g/mol. The predicted octanol–water partition coefficient (Wildman–Crippen LogP) is 10.4. The number of hydrogen-bond acceptors (Lipinski definition) is 10. The maximum absolute atomic E-state index is 7.97. The lowest BCUT2D eigenvalue weighted by Crippen LogP contribution is -2.43. The van der Waals surface area contributed by atoms with Crippen LogP contribution < -0.4 is 27.2 Å². The summed E-state index contributed by atoms with van der Waals surface area (Å²) in [6.45, 7) is 36.1. The van der Waals surface area contributed by atoms with E-state index in [1.165, 1.54) is 36.8 Å². The number of nitrogens with one attached hydrogen (secondary N) is 5.